The molecule has 2 N–H and O–H groups in total. The van der Waals surface area contributed by atoms with Gasteiger partial charge in [0.2, 0.25) is 5.91 Å². The summed E-state index contributed by atoms with van der Waals surface area (Å²) in [4.78, 5) is 18.4. The maximum atomic E-state index is 12.1. The summed E-state index contributed by atoms with van der Waals surface area (Å²) in [6.07, 6.45) is 3.17. The van der Waals surface area contributed by atoms with Gasteiger partial charge in [-0.25, -0.2) is 4.99 Å². The highest BCUT2D eigenvalue weighted by Crippen LogP contribution is 2.10. The van der Waals surface area contributed by atoms with Gasteiger partial charge in [-0.15, -0.1) is 0 Å². The van der Waals surface area contributed by atoms with Crippen LogP contribution in [0.3, 0.4) is 0 Å². The SMILES string of the molecule is CCNC(=NCC(=O)N1CCCC1)NCCc1ccc(C)cc1C. The van der Waals surface area contributed by atoms with E-state index < -0.39 is 0 Å². The molecule has 1 aromatic carbocycles. The molecule has 1 saturated heterocycles. The topological polar surface area (TPSA) is 56.7 Å². The van der Waals surface area contributed by atoms with Crippen LogP contribution in [0.5, 0.6) is 0 Å². The second-order valence-corrected chi connectivity index (χ2v) is 6.39. The molecule has 24 heavy (non-hydrogen) atoms. The van der Waals surface area contributed by atoms with Gasteiger partial charge in [0.25, 0.3) is 0 Å². The summed E-state index contributed by atoms with van der Waals surface area (Å²) in [5.41, 5.74) is 3.96. The number of nitrogens with one attached hydrogen (secondary N) is 2. The molecule has 1 aliphatic heterocycles. The summed E-state index contributed by atoms with van der Waals surface area (Å²) < 4.78 is 0. The van der Waals surface area contributed by atoms with E-state index in [-0.39, 0.29) is 12.5 Å². The maximum Gasteiger partial charge on any atom is 0.244 e. The van der Waals surface area contributed by atoms with E-state index in [0.717, 1.165) is 51.4 Å². The van der Waals surface area contributed by atoms with Crippen molar-refractivity contribution in [2.24, 2.45) is 4.99 Å². The molecule has 0 spiro atoms. The van der Waals surface area contributed by atoms with Crippen molar-refractivity contribution >= 4 is 11.9 Å². The number of benzene rings is 1. The summed E-state index contributed by atoms with van der Waals surface area (Å²) in [6.45, 7) is 9.86. The second-order valence-electron chi connectivity index (χ2n) is 6.39. The van der Waals surface area contributed by atoms with Crippen molar-refractivity contribution in [2.75, 3.05) is 32.7 Å². The molecule has 0 aromatic heterocycles. The Morgan fingerprint density at radius 2 is 1.96 bits per heavy atom. The fraction of sp³-hybridized carbons (Fsp3) is 0.579. The van der Waals surface area contributed by atoms with Crippen molar-refractivity contribution in [3.8, 4) is 0 Å². The van der Waals surface area contributed by atoms with E-state index in [2.05, 4.69) is 47.7 Å². The van der Waals surface area contributed by atoms with Crippen LogP contribution in [0.2, 0.25) is 0 Å². The van der Waals surface area contributed by atoms with E-state index in [1.54, 1.807) is 0 Å². The van der Waals surface area contributed by atoms with Crippen molar-refractivity contribution in [1.82, 2.24) is 15.5 Å². The quantitative estimate of drug-likeness (QED) is 0.620. The van der Waals surface area contributed by atoms with Gasteiger partial charge in [0.15, 0.2) is 5.96 Å². The summed E-state index contributed by atoms with van der Waals surface area (Å²) in [5, 5.41) is 6.53. The van der Waals surface area contributed by atoms with E-state index in [0.29, 0.717) is 0 Å². The zero-order valence-electron chi connectivity index (χ0n) is 15.2. The predicted octanol–water partition coefficient (Wildman–Crippen LogP) is 2.02. The first-order valence-corrected chi connectivity index (χ1v) is 8.96. The maximum absolute atomic E-state index is 12.1. The lowest BCUT2D eigenvalue weighted by molar-refractivity contribution is -0.128. The van der Waals surface area contributed by atoms with Gasteiger partial charge in [0.05, 0.1) is 0 Å². The number of guanidine groups is 1. The zero-order chi connectivity index (χ0) is 17.4. The van der Waals surface area contributed by atoms with Crippen LogP contribution >= 0.6 is 0 Å². The number of hydrogen-bond acceptors (Lipinski definition) is 2. The number of likely N-dealkylation sites (tertiary alicyclic amines) is 1. The molecule has 2 rings (SSSR count). The van der Waals surface area contributed by atoms with Crippen LogP contribution in [-0.2, 0) is 11.2 Å². The molecule has 5 nitrogen and oxygen atoms in total. The predicted molar refractivity (Wildman–Crippen MR) is 99.4 cm³/mol. The Balaban J connectivity index is 1.83. The van der Waals surface area contributed by atoms with E-state index in [1.165, 1.54) is 16.7 Å². The van der Waals surface area contributed by atoms with Crippen molar-refractivity contribution in [3.63, 3.8) is 0 Å². The molecule has 1 heterocycles. The van der Waals surface area contributed by atoms with Crippen LogP contribution in [0.4, 0.5) is 0 Å². The van der Waals surface area contributed by atoms with E-state index in [9.17, 15) is 4.79 Å². The lowest BCUT2D eigenvalue weighted by Crippen LogP contribution is -2.39. The first-order chi connectivity index (χ1) is 11.6. The Morgan fingerprint density at radius 1 is 1.21 bits per heavy atom. The van der Waals surface area contributed by atoms with Gasteiger partial charge in [0, 0.05) is 26.2 Å². The molecule has 0 saturated carbocycles. The van der Waals surface area contributed by atoms with Crippen molar-refractivity contribution < 1.29 is 4.79 Å². The highest BCUT2D eigenvalue weighted by molar-refractivity contribution is 5.85. The minimum atomic E-state index is 0.124. The molecule has 1 fully saturated rings. The summed E-state index contributed by atoms with van der Waals surface area (Å²) >= 11 is 0. The van der Waals surface area contributed by atoms with Gasteiger partial charge in [-0.1, -0.05) is 23.8 Å². The van der Waals surface area contributed by atoms with Crippen LogP contribution in [0.1, 0.15) is 36.5 Å². The van der Waals surface area contributed by atoms with Crippen LogP contribution in [0, 0.1) is 13.8 Å². The normalized spacial score (nSPS) is 14.8. The molecular weight excluding hydrogens is 300 g/mol. The van der Waals surface area contributed by atoms with Crippen LogP contribution in [-0.4, -0.2) is 49.5 Å². The van der Waals surface area contributed by atoms with E-state index in [1.807, 2.05) is 11.8 Å². The number of nitrogens with zero attached hydrogens (tertiary/aromatic N) is 2. The van der Waals surface area contributed by atoms with Gasteiger partial charge in [-0.2, -0.15) is 0 Å². The number of aryl methyl sites for hydroxylation is 2. The van der Waals surface area contributed by atoms with Crippen LogP contribution < -0.4 is 10.6 Å². The minimum Gasteiger partial charge on any atom is -0.357 e. The first kappa shape index (κ1) is 18.3. The summed E-state index contributed by atoms with van der Waals surface area (Å²) in [7, 11) is 0. The molecule has 132 valence electrons. The third kappa shape index (κ3) is 5.55. The van der Waals surface area contributed by atoms with Crippen molar-refractivity contribution in [3.05, 3.63) is 34.9 Å². The molecular formula is C19H30N4O. The molecule has 0 aliphatic carbocycles. The van der Waals surface area contributed by atoms with Gasteiger partial charge >= 0.3 is 0 Å². The third-order valence-corrected chi connectivity index (χ3v) is 4.36. The van der Waals surface area contributed by atoms with Gasteiger partial charge in [0.1, 0.15) is 6.54 Å². The molecule has 0 radical (unpaired) electrons. The Kier molecular flexibility index (Phi) is 7.09. The molecule has 0 unspecified atom stereocenters. The standard InChI is InChI=1S/C19H30N4O/c1-4-20-19(22-14-18(24)23-11-5-6-12-23)21-10-9-17-8-7-15(2)13-16(17)3/h7-8,13H,4-6,9-12,14H2,1-3H3,(H2,20,21,22). The third-order valence-electron chi connectivity index (χ3n) is 4.36. The van der Waals surface area contributed by atoms with Gasteiger partial charge < -0.3 is 15.5 Å². The largest absolute Gasteiger partial charge is 0.357 e. The van der Waals surface area contributed by atoms with Crippen LogP contribution in [0.15, 0.2) is 23.2 Å². The van der Waals surface area contributed by atoms with Gasteiger partial charge in [-0.05, 0) is 51.2 Å². The molecule has 0 atom stereocenters. The number of hydrogen-bond donors (Lipinski definition) is 2. The summed E-state index contributed by atoms with van der Waals surface area (Å²) in [6, 6.07) is 6.55. The smallest absolute Gasteiger partial charge is 0.244 e. The Labute approximate surface area is 145 Å². The molecule has 0 bridgehead atoms. The van der Waals surface area contributed by atoms with Crippen molar-refractivity contribution in [1.29, 1.82) is 0 Å². The summed E-state index contributed by atoms with van der Waals surface area (Å²) in [5.74, 6) is 0.842. The Morgan fingerprint density at radius 3 is 2.62 bits per heavy atom. The van der Waals surface area contributed by atoms with E-state index in [4.69, 9.17) is 0 Å². The first-order valence-electron chi connectivity index (χ1n) is 8.96. The lowest BCUT2D eigenvalue weighted by Gasteiger charge is -2.15. The zero-order valence-corrected chi connectivity index (χ0v) is 15.2. The van der Waals surface area contributed by atoms with Gasteiger partial charge in [-0.3, -0.25) is 4.79 Å². The highest BCUT2D eigenvalue weighted by atomic mass is 16.2. The highest BCUT2D eigenvalue weighted by Gasteiger charge is 2.17. The molecule has 1 aromatic rings. The number of carbonyl (C=O) groups is 1. The van der Waals surface area contributed by atoms with Crippen LogP contribution in [0.25, 0.3) is 0 Å². The Bertz CT molecular complexity index is 577. The molecule has 1 aliphatic rings. The molecule has 1 amide bonds. The average Bonchev–Trinajstić information content (AvgIpc) is 3.09. The lowest BCUT2D eigenvalue weighted by atomic mass is 10.0. The Hall–Kier alpha value is -2.04. The second kappa shape index (κ2) is 9.30. The fourth-order valence-electron chi connectivity index (χ4n) is 3.00. The fourth-order valence-corrected chi connectivity index (χ4v) is 3.00. The minimum absolute atomic E-state index is 0.124. The number of carbonyl (C=O) groups excluding carboxylic acids is 1. The van der Waals surface area contributed by atoms with E-state index >= 15 is 0 Å². The monoisotopic (exact) mass is 330 g/mol. The van der Waals surface area contributed by atoms with Crippen molar-refractivity contribution in [2.45, 2.75) is 40.0 Å². The number of aliphatic imine (C=N–C) groups is 1. The average molecular weight is 330 g/mol. The molecule has 5 heteroatoms. The number of amides is 1. The number of rotatable bonds is 6.